The van der Waals surface area contributed by atoms with E-state index < -0.39 is 0 Å². The summed E-state index contributed by atoms with van der Waals surface area (Å²) < 4.78 is 5.40. The highest BCUT2D eigenvalue weighted by Gasteiger charge is 2.05. The lowest BCUT2D eigenvalue weighted by Crippen LogP contribution is -2.38. The number of ether oxygens (including phenoxy) is 1. The standard InChI is InChI=1S/C17H29N3O2/c1-5-18-17(20-11-14(3)12-21)19-9-8-15-10-13(2)6-7-16(15)22-4/h6-7,10,14,21H,5,8-9,11-12H2,1-4H3,(H2,18,19,20). The number of methoxy groups -OCH3 is 1. The number of benzene rings is 1. The van der Waals surface area contributed by atoms with Crippen LogP contribution >= 0.6 is 0 Å². The van der Waals surface area contributed by atoms with Gasteiger partial charge in [0.25, 0.3) is 0 Å². The molecule has 0 spiro atoms. The van der Waals surface area contributed by atoms with Gasteiger partial charge in [0.1, 0.15) is 5.75 Å². The van der Waals surface area contributed by atoms with Crippen molar-refractivity contribution >= 4 is 5.96 Å². The van der Waals surface area contributed by atoms with Gasteiger partial charge in [-0.25, -0.2) is 0 Å². The van der Waals surface area contributed by atoms with Crippen LogP contribution in [-0.4, -0.2) is 44.4 Å². The van der Waals surface area contributed by atoms with Crippen molar-refractivity contribution in [3.8, 4) is 5.75 Å². The van der Waals surface area contributed by atoms with Gasteiger partial charge in [-0.05, 0) is 37.8 Å². The SMILES string of the molecule is CCNC(=NCC(C)CO)NCCc1cc(C)ccc1OC. The maximum Gasteiger partial charge on any atom is 0.191 e. The van der Waals surface area contributed by atoms with Gasteiger partial charge in [-0.1, -0.05) is 24.6 Å². The zero-order chi connectivity index (χ0) is 16.4. The van der Waals surface area contributed by atoms with Crippen LogP contribution in [0.1, 0.15) is 25.0 Å². The predicted molar refractivity (Wildman–Crippen MR) is 91.7 cm³/mol. The molecule has 1 aromatic carbocycles. The highest BCUT2D eigenvalue weighted by atomic mass is 16.5. The van der Waals surface area contributed by atoms with Crippen molar-refractivity contribution in [2.45, 2.75) is 27.2 Å². The smallest absolute Gasteiger partial charge is 0.191 e. The van der Waals surface area contributed by atoms with E-state index in [1.54, 1.807) is 7.11 Å². The molecule has 0 aromatic heterocycles. The molecule has 22 heavy (non-hydrogen) atoms. The minimum atomic E-state index is 0.156. The summed E-state index contributed by atoms with van der Waals surface area (Å²) >= 11 is 0. The normalized spacial score (nSPS) is 12.9. The van der Waals surface area contributed by atoms with Gasteiger partial charge < -0.3 is 20.5 Å². The van der Waals surface area contributed by atoms with E-state index in [0.29, 0.717) is 6.54 Å². The fraction of sp³-hybridized carbons (Fsp3) is 0.588. The van der Waals surface area contributed by atoms with Gasteiger partial charge in [0.2, 0.25) is 0 Å². The Hall–Kier alpha value is -1.75. The predicted octanol–water partition coefficient (Wildman–Crippen LogP) is 1.73. The first-order valence-corrected chi connectivity index (χ1v) is 7.87. The Kier molecular flexibility index (Phi) is 8.36. The molecular formula is C17H29N3O2. The van der Waals surface area contributed by atoms with Gasteiger partial charge in [-0.15, -0.1) is 0 Å². The Labute approximate surface area is 133 Å². The summed E-state index contributed by atoms with van der Waals surface area (Å²) in [6.07, 6.45) is 0.866. The first-order valence-electron chi connectivity index (χ1n) is 7.87. The molecule has 0 aliphatic heterocycles. The highest BCUT2D eigenvalue weighted by Crippen LogP contribution is 2.19. The van der Waals surface area contributed by atoms with Crippen LogP contribution in [0.3, 0.4) is 0 Å². The fourth-order valence-electron chi connectivity index (χ4n) is 2.06. The third kappa shape index (κ3) is 6.35. The number of nitrogens with zero attached hydrogens (tertiary/aromatic N) is 1. The number of nitrogens with one attached hydrogen (secondary N) is 2. The van der Waals surface area contributed by atoms with Crippen LogP contribution in [0, 0.1) is 12.8 Å². The highest BCUT2D eigenvalue weighted by molar-refractivity contribution is 5.79. The van der Waals surface area contributed by atoms with E-state index in [0.717, 1.165) is 31.2 Å². The average Bonchev–Trinajstić information content (AvgIpc) is 2.52. The van der Waals surface area contributed by atoms with E-state index in [2.05, 4.69) is 34.7 Å². The molecule has 1 unspecified atom stereocenters. The summed E-state index contributed by atoms with van der Waals surface area (Å²) in [6.45, 7) is 8.45. The van der Waals surface area contributed by atoms with Gasteiger partial charge in [-0.2, -0.15) is 0 Å². The minimum Gasteiger partial charge on any atom is -0.496 e. The average molecular weight is 307 g/mol. The lowest BCUT2D eigenvalue weighted by Gasteiger charge is -2.14. The van der Waals surface area contributed by atoms with E-state index in [1.165, 1.54) is 11.1 Å². The first kappa shape index (κ1) is 18.3. The van der Waals surface area contributed by atoms with Crippen molar-refractivity contribution in [1.82, 2.24) is 10.6 Å². The lowest BCUT2D eigenvalue weighted by atomic mass is 10.1. The first-order chi connectivity index (χ1) is 10.6. The summed E-state index contributed by atoms with van der Waals surface area (Å²) in [6, 6.07) is 6.21. The van der Waals surface area contributed by atoms with E-state index in [1.807, 2.05) is 19.9 Å². The number of guanidine groups is 1. The van der Waals surface area contributed by atoms with Gasteiger partial charge in [0.15, 0.2) is 5.96 Å². The summed E-state index contributed by atoms with van der Waals surface area (Å²) in [4.78, 5) is 4.48. The summed E-state index contributed by atoms with van der Waals surface area (Å²) in [5.74, 6) is 1.88. The molecule has 0 saturated heterocycles. The molecule has 0 aliphatic carbocycles. The third-order valence-electron chi connectivity index (χ3n) is 3.34. The second-order valence-electron chi connectivity index (χ2n) is 5.50. The molecule has 1 atom stereocenters. The van der Waals surface area contributed by atoms with Crippen molar-refractivity contribution in [2.75, 3.05) is 33.4 Å². The second kappa shape index (κ2) is 10.1. The number of aryl methyl sites for hydroxylation is 1. The number of rotatable bonds is 8. The maximum atomic E-state index is 9.06. The summed E-state index contributed by atoms with van der Waals surface area (Å²) in [7, 11) is 1.70. The number of aliphatic hydroxyl groups excluding tert-OH is 1. The molecular weight excluding hydrogens is 278 g/mol. The van der Waals surface area contributed by atoms with Gasteiger partial charge in [-0.3, -0.25) is 4.99 Å². The van der Waals surface area contributed by atoms with Crippen LogP contribution in [0.5, 0.6) is 5.75 Å². The molecule has 0 aliphatic rings. The molecule has 5 heteroatoms. The summed E-state index contributed by atoms with van der Waals surface area (Å²) in [5.41, 5.74) is 2.42. The van der Waals surface area contributed by atoms with Gasteiger partial charge >= 0.3 is 0 Å². The quantitative estimate of drug-likeness (QED) is 0.505. The molecule has 0 heterocycles. The molecule has 0 bridgehead atoms. The maximum absolute atomic E-state index is 9.06. The number of aliphatic hydroxyl groups is 1. The Morgan fingerprint density at radius 1 is 1.36 bits per heavy atom. The van der Waals surface area contributed by atoms with Crippen molar-refractivity contribution in [2.24, 2.45) is 10.9 Å². The molecule has 0 saturated carbocycles. The fourth-order valence-corrected chi connectivity index (χ4v) is 2.06. The van der Waals surface area contributed by atoms with Crippen LogP contribution in [0.2, 0.25) is 0 Å². The Bertz CT molecular complexity index is 475. The molecule has 1 rings (SSSR count). The van der Waals surface area contributed by atoms with Crippen molar-refractivity contribution in [3.05, 3.63) is 29.3 Å². The van der Waals surface area contributed by atoms with E-state index in [9.17, 15) is 0 Å². The zero-order valence-corrected chi connectivity index (χ0v) is 14.1. The lowest BCUT2D eigenvalue weighted by molar-refractivity contribution is 0.241. The molecule has 124 valence electrons. The van der Waals surface area contributed by atoms with Crippen LogP contribution < -0.4 is 15.4 Å². The van der Waals surface area contributed by atoms with Gasteiger partial charge in [0.05, 0.1) is 7.11 Å². The molecule has 1 aromatic rings. The second-order valence-corrected chi connectivity index (χ2v) is 5.50. The zero-order valence-electron chi connectivity index (χ0n) is 14.1. The molecule has 0 amide bonds. The number of hydrogen-bond acceptors (Lipinski definition) is 3. The number of hydrogen-bond donors (Lipinski definition) is 3. The van der Waals surface area contributed by atoms with E-state index in [-0.39, 0.29) is 12.5 Å². The molecule has 3 N–H and O–H groups in total. The van der Waals surface area contributed by atoms with Gasteiger partial charge in [0, 0.05) is 26.2 Å². The number of aliphatic imine (C=N–C) groups is 1. The van der Waals surface area contributed by atoms with E-state index in [4.69, 9.17) is 9.84 Å². The van der Waals surface area contributed by atoms with Crippen LogP contribution in [0.4, 0.5) is 0 Å². The van der Waals surface area contributed by atoms with Crippen molar-refractivity contribution in [1.29, 1.82) is 0 Å². The monoisotopic (exact) mass is 307 g/mol. The topological polar surface area (TPSA) is 65.9 Å². The summed E-state index contributed by atoms with van der Waals surface area (Å²) in [5, 5.41) is 15.6. The van der Waals surface area contributed by atoms with E-state index >= 15 is 0 Å². The molecule has 0 fully saturated rings. The molecule has 5 nitrogen and oxygen atoms in total. The van der Waals surface area contributed by atoms with Crippen LogP contribution in [0.15, 0.2) is 23.2 Å². The molecule has 0 radical (unpaired) electrons. The third-order valence-corrected chi connectivity index (χ3v) is 3.34. The van der Waals surface area contributed by atoms with Crippen molar-refractivity contribution in [3.63, 3.8) is 0 Å². The largest absolute Gasteiger partial charge is 0.496 e. The Morgan fingerprint density at radius 2 is 2.14 bits per heavy atom. The van der Waals surface area contributed by atoms with Crippen LogP contribution in [-0.2, 0) is 6.42 Å². The Balaban J connectivity index is 2.57. The van der Waals surface area contributed by atoms with Crippen LogP contribution in [0.25, 0.3) is 0 Å². The Morgan fingerprint density at radius 3 is 2.77 bits per heavy atom. The van der Waals surface area contributed by atoms with Crippen molar-refractivity contribution < 1.29 is 9.84 Å². The minimum absolute atomic E-state index is 0.156.